The van der Waals surface area contributed by atoms with Crippen molar-refractivity contribution in [2.75, 3.05) is 44.7 Å². The maximum atomic E-state index is 12.6. The summed E-state index contributed by atoms with van der Waals surface area (Å²) < 4.78 is 11.3. The molecule has 9 heteroatoms. The zero-order valence-corrected chi connectivity index (χ0v) is 19.2. The van der Waals surface area contributed by atoms with Crippen LogP contribution in [0.25, 0.3) is 0 Å². The summed E-state index contributed by atoms with van der Waals surface area (Å²) in [5.74, 6) is -0.656. The molecule has 1 aromatic carbocycles. The fraction of sp³-hybridized carbons (Fsp3) is 0.571. The summed E-state index contributed by atoms with van der Waals surface area (Å²) in [6.45, 7) is 9.20. The number of ether oxygens (including phenoxy) is 2. The van der Waals surface area contributed by atoms with Gasteiger partial charge in [-0.15, -0.1) is 0 Å². The molecule has 2 aliphatic rings. The highest BCUT2D eigenvalue weighted by molar-refractivity contribution is 9.09. The average molecular weight is 482 g/mol. The first-order valence-corrected chi connectivity index (χ1v) is 11.2. The van der Waals surface area contributed by atoms with Crippen LogP contribution in [0.4, 0.5) is 4.79 Å². The normalized spacial score (nSPS) is 18.5. The summed E-state index contributed by atoms with van der Waals surface area (Å²) >= 11 is 3.36. The lowest BCUT2D eigenvalue weighted by Crippen LogP contribution is -2.51. The van der Waals surface area contributed by atoms with Crippen LogP contribution in [0.15, 0.2) is 24.3 Å². The van der Waals surface area contributed by atoms with Gasteiger partial charge in [0.25, 0.3) is 11.8 Å². The van der Waals surface area contributed by atoms with E-state index in [1.807, 2.05) is 20.8 Å². The number of nitrogens with zero attached hydrogens (tertiary/aromatic N) is 3. The largest absolute Gasteiger partial charge is 0.444 e. The summed E-state index contributed by atoms with van der Waals surface area (Å²) in [4.78, 5) is 42.5. The van der Waals surface area contributed by atoms with Crippen LogP contribution in [0, 0.1) is 0 Å². The van der Waals surface area contributed by atoms with Crippen LogP contribution in [0.5, 0.6) is 0 Å². The van der Waals surface area contributed by atoms with Gasteiger partial charge in [0, 0.05) is 38.1 Å². The molecule has 0 radical (unpaired) electrons. The van der Waals surface area contributed by atoms with E-state index < -0.39 is 11.8 Å². The minimum Gasteiger partial charge on any atom is -0.444 e. The first kappa shape index (κ1) is 22.7. The number of alkyl halides is 1. The topological polar surface area (TPSA) is 79.4 Å². The molecule has 30 heavy (non-hydrogen) atoms. The molecule has 0 aliphatic carbocycles. The molecule has 8 nitrogen and oxygen atoms in total. The van der Waals surface area contributed by atoms with E-state index in [2.05, 4.69) is 20.8 Å². The van der Waals surface area contributed by atoms with Gasteiger partial charge in [-0.05, 0) is 32.9 Å². The van der Waals surface area contributed by atoms with Crippen LogP contribution in [0.1, 0.15) is 41.5 Å². The highest BCUT2D eigenvalue weighted by Gasteiger charge is 2.40. The Bertz CT molecular complexity index is 767. The molecule has 1 atom stereocenters. The van der Waals surface area contributed by atoms with Gasteiger partial charge in [0.1, 0.15) is 11.8 Å². The molecule has 0 N–H and O–H groups in total. The van der Waals surface area contributed by atoms with E-state index in [-0.39, 0.29) is 17.9 Å². The predicted molar refractivity (Wildman–Crippen MR) is 115 cm³/mol. The fourth-order valence-electron chi connectivity index (χ4n) is 3.46. The molecule has 1 saturated heterocycles. The highest BCUT2D eigenvalue weighted by Crippen LogP contribution is 2.25. The number of halogens is 1. The molecular weight excluding hydrogens is 454 g/mol. The molecule has 0 spiro atoms. The van der Waals surface area contributed by atoms with E-state index in [4.69, 9.17) is 9.47 Å². The molecule has 2 heterocycles. The lowest BCUT2D eigenvalue weighted by molar-refractivity contribution is -0.0292. The average Bonchev–Trinajstić information content (AvgIpc) is 2.96. The van der Waals surface area contributed by atoms with Crippen molar-refractivity contribution in [1.82, 2.24) is 14.7 Å². The summed E-state index contributed by atoms with van der Waals surface area (Å²) in [7, 11) is 0. The minimum atomic E-state index is -0.666. The van der Waals surface area contributed by atoms with Gasteiger partial charge in [0.05, 0.1) is 17.7 Å². The number of fused-ring (bicyclic) bond motifs is 1. The molecule has 0 aromatic heterocycles. The number of carbonyl (C=O) groups excluding carboxylic acids is 3. The number of rotatable bonds is 6. The van der Waals surface area contributed by atoms with Gasteiger partial charge in [-0.25, -0.2) is 9.69 Å². The molecule has 1 fully saturated rings. The Morgan fingerprint density at radius 1 is 1.07 bits per heavy atom. The first-order valence-electron chi connectivity index (χ1n) is 10.1. The van der Waals surface area contributed by atoms with Gasteiger partial charge in [-0.3, -0.25) is 14.5 Å². The second-order valence-electron chi connectivity index (χ2n) is 8.31. The van der Waals surface area contributed by atoms with Gasteiger partial charge in [-0.2, -0.15) is 0 Å². The third kappa shape index (κ3) is 5.19. The summed E-state index contributed by atoms with van der Waals surface area (Å²) in [6.07, 6.45) is -0.955. The lowest BCUT2D eigenvalue weighted by atomic mass is 10.1. The molecular formula is C21H28BrN3O5. The molecule has 3 amide bonds. The van der Waals surface area contributed by atoms with Crippen LogP contribution in [-0.4, -0.2) is 89.1 Å². The Morgan fingerprint density at radius 2 is 1.63 bits per heavy atom. The van der Waals surface area contributed by atoms with E-state index in [0.717, 1.165) is 0 Å². The van der Waals surface area contributed by atoms with Crippen molar-refractivity contribution in [3.05, 3.63) is 35.4 Å². The Balaban J connectivity index is 1.46. The number of carbonyl (C=O) groups is 3. The SMILES string of the molecule is CC(C)(C)OC(=O)N1CCN(CCOC(CBr)N2C(=O)c3ccccc3C2=O)CC1. The van der Waals surface area contributed by atoms with Crippen molar-refractivity contribution in [3.8, 4) is 0 Å². The van der Waals surface area contributed by atoms with E-state index in [1.54, 1.807) is 29.2 Å². The van der Waals surface area contributed by atoms with Gasteiger partial charge < -0.3 is 14.4 Å². The standard InChI is InChI=1S/C21H28BrN3O5/c1-21(2,3)30-20(28)24-10-8-23(9-11-24)12-13-29-17(14-22)25-18(26)15-6-4-5-7-16(15)19(25)27/h4-7,17H,8-14H2,1-3H3. The number of hydrogen-bond acceptors (Lipinski definition) is 6. The smallest absolute Gasteiger partial charge is 0.410 e. The molecule has 3 rings (SSSR count). The first-order chi connectivity index (χ1) is 14.2. The van der Waals surface area contributed by atoms with Crippen LogP contribution >= 0.6 is 15.9 Å². The van der Waals surface area contributed by atoms with E-state index in [0.29, 0.717) is 55.8 Å². The van der Waals surface area contributed by atoms with Crippen LogP contribution in [-0.2, 0) is 9.47 Å². The third-order valence-corrected chi connectivity index (χ3v) is 5.54. The zero-order valence-electron chi connectivity index (χ0n) is 17.6. The monoisotopic (exact) mass is 481 g/mol. The quantitative estimate of drug-likeness (QED) is 0.458. The van der Waals surface area contributed by atoms with Gasteiger partial charge in [0.2, 0.25) is 0 Å². The minimum absolute atomic E-state index is 0.289. The van der Waals surface area contributed by atoms with Crippen LogP contribution in [0.3, 0.4) is 0 Å². The molecule has 164 valence electrons. The third-order valence-electron chi connectivity index (χ3n) is 4.99. The Labute approximate surface area is 185 Å². The van der Waals surface area contributed by atoms with Crippen molar-refractivity contribution in [3.63, 3.8) is 0 Å². The second-order valence-corrected chi connectivity index (χ2v) is 8.96. The zero-order chi connectivity index (χ0) is 21.9. The van der Waals surface area contributed by atoms with Crippen molar-refractivity contribution in [2.24, 2.45) is 0 Å². The summed E-state index contributed by atoms with van der Waals surface area (Å²) in [6, 6.07) is 6.80. The molecule has 0 saturated carbocycles. The van der Waals surface area contributed by atoms with Crippen LogP contribution < -0.4 is 0 Å². The Morgan fingerprint density at radius 3 is 2.13 bits per heavy atom. The number of benzene rings is 1. The van der Waals surface area contributed by atoms with Gasteiger partial charge in [-0.1, -0.05) is 28.1 Å². The number of amides is 3. The summed E-state index contributed by atoms with van der Waals surface area (Å²) in [5, 5.41) is 0.338. The van der Waals surface area contributed by atoms with Crippen molar-refractivity contribution < 1.29 is 23.9 Å². The molecule has 2 aliphatic heterocycles. The van der Waals surface area contributed by atoms with Gasteiger partial charge >= 0.3 is 6.09 Å². The van der Waals surface area contributed by atoms with Crippen molar-refractivity contribution in [2.45, 2.75) is 32.6 Å². The maximum Gasteiger partial charge on any atom is 0.410 e. The molecule has 0 bridgehead atoms. The molecule has 1 aromatic rings. The predicted octanol–water partition coefficient (Wildman–Crippen LogP) is 2.57. The van der Waals surface area contributed by atoms with E-state index in [1.165, 1.54) is 4.90 Å². The maximum absolute atomic E-state index is 12.6. The van der Waals surface area contributed by atoms with E-state index in [9.17, 15) is 14.4 Å². The van der Waals surface area contributed by atoms with Crippen molar-refractivity contribution >= 4 is 33.8 Å². The lowest BCUT2D eigenvalue weighted by Gasteiger charge is -2.35. The van der Waals surface area contributed by atoms with E-state index >= 15 is 0 Å². The summed E-state index contributed by atoms with van der Waals surface area (Å²) in [5.41, 5.74) is 0.322. The number of hydrogen-bond donors (Lipinski definition) is 0. The number of imide groups is 1. The van der Waals surface area contributed by atoms with Gasteiger partial charge in [0.15, 0.2) is 0 Å². The number of piperazine rings is 1. The van der Waals surface area contributed by atoms with Crippen LogP contribution in [0.2, 0.25) is 0 Å². The second kappa shape index (κ2) is 9.45. The molecule has 1 unspecified atom stereocenters. The highest BCUT2D eigenvalue weighted by atomic mass is 79.9. The Kier molecular flexibility index (Phi) is 7.15. The Hall–Kier alpha value is -1.97. The van der Waals surface area contributed by atoms with Crippen molar-refractivity contribution in [1.29, 1.82) is 0 Å². The fourth-order valence-corrected chi connectivity index (χ4v) is 3.93.